The summed E-state index contributed by atoms with van der Waals surface area (Å²) in [7, 11) is -3.31. The molecule has 2 heterocycles. The molecule has 0 amide bonds. The average Bonchev–Trinajstić information content (AvgIpc) is 2.62. The molecule has 170 valence electrons. The molecule has 30 heavy (non-hydrogen) atoms. The van der Waals surface area contributed by atoms with Crippen LogP contribution >= 0.6 is 0 Å². The third-order valence-corrected chi connectivity index (χ3v) is 5.68. The van der Waals surface area contributed by atoms with E-state index in [4.69, 9.17) is 14.6 Å². The van der Waals surface area contributed by atoms with Crippen molar-refractivity contribution in [1.29, 1.82) is 0 Å². The topological polar surface area (TPSA) is 95.9 Å². The lowest BCUT2D eigenvalue weighted by atomic mass is 9.81. The zero-order valence-corrected chi connectivity index (χ0v) is 17.1. The first kappa shape index (κ1) is 24.4. The number of nitrogens with zero attached hydrogens (tertiary/aromatic N) is 1. The number of para-hydroxylation sites is 1. The summed E-state index contributed by atoms with van der Waals surface area (Å²) in [5.41, 5.74) is 0.513. The van der Waals surface area contributed by atoms with Gasteiger partial charge in [-0.25, -0.2) is 22.3 Å². The van der Waals surface area contributed by atoms with Gasteiger partial charge in [-0.1, -0.05) is 18.2 Å². The van der Waals surface area contributed by atoms with Gasteiger partial charge in [-0.3, -0.25) is 0 Å². The van der Waals surface area contributed by atoms with Crippen LogP contribution in [-0.2, 0) is 14.8 Å². The van der Waals surface area contributed by atoms with Gasteiger partial charge in [0.05, 0.1) is 12.3 Å². The van der Waals surface area contributed by atoms with E-state index in [1.807, 2.05) is 24.3 Å². The maximum Gasteiger partial charge on any atom is 0.490 e. The summed E-state index contributed by atoms with van der Waals surface area (Å²) in [6.45, 7) is 1.67. The lowest BCUT2D eigenvalue weighted by Gasteiger charge is -2.46. The standard InChI is InChI=1S/C16H23FN2O3S.C2HF3O2/c1-23(20,21)18-14-12-16(6-9-19(10-7-16)11-8-17)22-15-5-3-2-4-13(14)15;3-2(4,5)1(6)7/h2-5,14,18H,6-12H2,1H3;(H,6,7). The highest BCUT2D eigenvalue weighted by atomic mass is 32.2. The summed E-state index contributed by atoms with van der Waals surface area (Å²) in [4.78, 5) is 11.0. The Morgan fingerprint density at radius 1 is 1.30 bits per heavy atom. The van der Waals surface area contributed by atoms with E-state index < -0.39 is 22.2 Å². The van der Waals surface area contributed by atoms with Crippen molar-refractivity contribution in [2.75, 3.05) is 32.6 Å². The molecule has 0 bridgehead atoms. The van der Waals surface area contributed by atoms with E-state index >= 15 is 0 Å². The Morgan fingerprint density at radius 3 is 2.37 bits per heavy atom. The molecule has 7 nitrogen and oxygen atoms in total. The zero-order valence-electron chi connectivity index (χ0n) is 16.3. The second kappa shape index (κ2) is 9.48. The number of ether oxygens (including phenoxy) is 1. The van der Waals surface area contributed by atoms with Crippen molar-refractivity contribution in [3.63, 3.8) is 0 Å². The van der Waals surface area contributed by atoms with Gasteiger partial charge in [0, 0.05) is 31.6 Å². The maximum atomic E-state index is 12.5. The van der Waals surface area contributed by atoms with Crippen LogP contribution in [0, 0.1) is 0 Å². The fourth-order valence-electron chi connectivity index (χ4n) is 3.59. The summed E-state index contributed by atoms with van der Waals surface area (Å²) in [5, 5.41) is 7.12. The Balaban J connectivity index is 0.000000396. The van der Waals surface area contributed by atoms with Crippen molar-refractivity contribution in [2.24, 2.45) is 0 Å². The third kappa shape index (κ3) is 6.81. The molecule has 0 radical (unpaired) electrons. The van der Waals surface area contributed by atoms with Crippen molar-refractivity contribution in [2.45, 2.75) is 37.1 Å². The Bertz CT molecular complexity index is 839. The maximum absolute atomic E-state index is 12.5. The second-order valence-electron chi connectivity index (χ2n) is 7.30. The first-order valence-electron chi connectivity index (χ1n) is 9.19. The summed E-state index contributed by atoms with van der Waals surface area (Å²) in [6.07, 6.45) is -1.73. The van der Waals surface area contributed by atoms with Gasteiger partial charge in [0.2, 0.25) is 10.0 Å². The molecule has 1 atom stereocenters. The molecular weight excluding hydrogens is 432 g/mol. The fourth-order valence-corrected chi connectivity index (χ4v) is 4.32. The molecule has 0 aromatic heterocycles. The van der Waals surface area contributed by atoms with Gasteiger partial charge in [-0.05, 0) is 18.9 Å². The molecule has 1 unspecified atom stereocenters. The third-order valence-electron chi connectivity index (χ3n) is 4.96. The van der Waals surface area contributed by atoms with Gasteiger partial charge in [0.1, 0.15) is 18.0 Å². The smallest absolute Gasteiger partial charge is 0.487 e. The van der Waals surface area contributed by atoms with Gasteiger partial charge in [-0.15, -0.1) is 0 Å². The molecule has 0 aliphatic carbocycles. The number of nitrogens with one attached hydrogen (secondary N) is 1. The molecule has 1 aromatic rings. The molecule has 1 spiro atoms. The Hall–Kier alpha value is -1.92. The van der Waals surface area contributed by atoms with Crippen molar-refractivity contribution in [1.82, 2.24) is 9.62 Å². The van der Waals surface area contributed by atoms with E-state index in [0.717, 1.165) is 37.2 Å². The van der Waals surface area contributed by atoms with Crippen molar-refractivity contribution in [3.8, 4) is 5.75 Å². The first-order chi connectivity index (χ1) is 13.9. The molecule has 2 N–H and O–H groups in total. The van der Waals surface area contributed by atoms with Crippen LogP contribution in [0.4, 0.5) is 17.6 Å². The van der Waals surface area contributed by atoms with Crippen LogP contribution in [-0.4, -0.2) is 68.7 Å². The van der Waals surface area contributed by atoms with Crippen LogP contribution in [0.3, 0.4) is 0 Å². The summed E-state index contributed by atoms with van der Waals surface area (Å²) >= 11 is 0. The normalized spacial score (nSPS) is 21.2. The number of benzene rings is 1. The monoisotopic (exact) mass is 456 g/mol. The highest BCUT2D eigenvalue weighted by Gasteiger charge is 2.43. The van der Waals surface area contributed by atoms with Crippen molar-refractivity contribution in [3.05, 3.63) is 29.8 Å². The van der Waals surface area contributed by atoms with Gasteiger partial charge in [0.15, 0.2) is 0 Å². The molecule has 2 aliphatic heterocycles. The van der Waals surface area contributed by atoms with E-state index in [0.29, 0.717) is 13.0 Å². The number of halogens is 4. The second-order valence-corrected chi connectivity index (χ2v) is 9.08. The predicted octanol–water partition coefficient (Wildman–Crippen LogP) is 2.50. The van der Waals surface area contributed by atoms with Crippen LogP contribution in [0.25, 0.3) is 0 Å². The van der Waals surface area contributed by atoms with E-state index in [9.17, 15) is 26.0 Å². The highest BCUT2D eigenvalue weighted by Crippen LogP contribution is 2.44. The van der Waals surface area contributed by atoms with Gasteiger partial charge in [-0.2, -0.15) is 13.2 Å². The molecule has 1 fully saturated rings. The first-order valence-corrected chi connectivity index (χ1v) is 11.1. The molecule has 3 rings (SSSR count). The van der Waals surface area contributed by atoms with Crippen LogP contribution in [0.1, 0.15) is 30.9 Å². The molecule has 2 aliphatic rings. The Kier molecular flexibility index (Phi) is 7.69. The molecular formula is C18H24F4N2O5S. The molecule has 1 aromatic carbocycles. The Labute approximate surface area is 172 Å². The van der Waals surface area contributed by atoms with Crippen LogP contribution in [0.5, 0.6) is 5.75 Å². The number of hydrogen-bond donors (Lipinski definition) is 2. The van der Waals surface area contributed by atoms with Gasteiger partial charge >= 0.3 is 12.1 Å². The number of fused-ring (bicyclic) bond motifs is 1. The summed E-state index contributed by atoms with van der Waals surface area (Å²) in [6, 6.07) is 7.31. The van der Waals surface area contributed by atoms with Crippen LogP contribution in [0.2, 0.25) is 0 Å². The summed E-state index contributed by atoms with van der Waals surface area (Å²) in [5.74, 6) is -2.01. The van der Waals surface area contributed by atoms with Crippen molar-refractivity contribution < 1.29 is 40.6 Å². The van der Waals surface area contributed by atoms with E-state index in [-0.39, 0.29) is 18.3 Å². The van der Waals surface area contributed by atoms with Gasteiger partial charge < -0.3 is 14.7 Å². The van der Waals surface area contributed by atoms with E-state index in [1.165, 1.54) is 6.26 Å². The number of carbonyl (C=O) groups is 1. The predicted molar refractivity (Wildman–Crippen MR) is 100 cm³/mol. The lowest BCUT2D eigenvalue weighted by molar-refractivity contribution is -0.192. The van der Waals surface area contributed by atoms with Gasteiger partial charge in [0.25, 0.3) is 0 Å². The minimum Gasteiger partial charge on any atom is -0.487 e. The molecule has 1 saturated heterocycles. The Morgan fingerprint density at radius 2 is 1.87 bits per heavy atom. The quantitative estimate of drug-likeness (QED) is 0.676. The molecule has 12 heteroatoms. The number of aliphatic carboxylic acids is 1. The largest absolute Gasteiger partial charge is 0.490 e. The number of hydrogen-bond acceptors (Lipinski definition) is 5. The minimum atomic E-state index is -5.08. The van der Waals surface area contributed by atoms with Crippen molar-refractivity contribution >= 4 is 16.0 Å². The fraction of sp³-hybridized carbons (Fsp3) is 0.611. The zero-order chi connectivity index (χ0) is 22.6. The van der Waals surface area contributed by atoms with E-state index in [1.54, 1.807) is 0 Å². The number of piperidine rings is 1. The SMILES string of the molecule is CS(=O)(=O)NC1CC2(CCN(CCF)CC2)Oc2ccccc21.O=C(O)C(F)(F)F. The van der Waals surface area contributed by atoms with Crippen LogP contribution in [0.15, 0.2) is 24.3 Å². The number of carboxylic acids is 1. The molecule has 0 saturated carbocycles. The minimum absolute atomic E-state index is 0.275. The lowest BCUT2D eigenvalue weighted by Crippen LogP contribution is -2.52. The number of likely N-dealkylation sites (tertiary alicyclic amines) is 1. The average molecular weight is 456 g/mol. The number of carboxylic acid groups (broad SMARTS) is 1. The summed E-state index contributed by atoms with van der Waals surface area (Å²) < 4.78 is 76.7. The number of rotatable bonds is 4. The van der Waals surface area contributed by atoms with Crippen LogP contribution < -0.4 is 9.46 Å². The van der Waals surface area contributed by atoms with E-state index in [2.05, 4.69) is 9.62 Å². The number of sulfonamides is 1. The highest BCUT2D eigenvalue weighted by molar-refractivity contribution is 7.88. The number of alkyl halides is 4.